The van der Waals surface area contributed by atoms with Gasteiger partial charge in [-0.05, 0) is 84.8 Å². The average Bonchev–Trinajstić information content (AvgIpc) is 2.86. The highest BCUT2D eigenvalue weighted by Crippen LogP contribution is 2.37. The number of anilines is 2. The molecule has 0 fully saturated rings. The van der Waals surface area contributed by atoms with Crippen LogP contribution in [0.1, 0.15) is 17.5 Å². The van der Waals surface area contributed by atoms with Crippen molar-refractivity contribution in [1.82, 2.24) is 4.72 Å². The summed E-state index contributed by atoms with van der Waals surface area (Å²) in [6.45, 7) is 1.86. The maximum Gasteiger partial charge on any atom is 0.0458 e. The Kier molecular flexibility index (Phi) is 6.48. The van der Waals surface area contributed by atoms with E-state index in [0.29, 0.717) is 0 Å². The Morgan fingerprint density at radius 1 is 0.821 bits per heavy atom. The highest BCUT2D eigenvalue weighted by atomic mass is 35.5. The number of nitrogens with one attached hydrogen (secondary N) is 1. The van der Waals surface area contributed by atoms with Crippen molar-refractivity contribution < 1.29 is 0 Å². The third-order valence-electron chi connectivity index (χ3n) is 4.95. The Labute approximate surface area is 181 Å². The molecular formula is C23H22Cl2N2S. The molecular weight excluding hydrogens is 407 g/mol. The number of halogens is 2. The fraction of sp³-hybridized carbons (Fsp3) is 0.217. The van der Waals surface area contributed by atoms with Crippen molar-refractivity contribution in [3.8, 4) is 0 Å². The van der Waals surface area contributed by atoms with E-state index in [4.69, 9.17) is 23.2 Å². The fourth-order valence-electron chi connectivity index (χ4n) is 3.57. The summed E-state index contributed by atoms with van der Waals surface area (Å²) in [5.41, 5.74) is 5.30. The summed E-state index contributed by atoms with van der Waals surface area (Å²) < 4.78 is 3.46. The molecule has 0 unspecified atom stereocenters. The van der Waals surface area contributed by atoms with Gasteiger partial charge in [0.05, 0.1) is 0 Å². The van der Waals surface area contributed by atoms with Gasteiger partial charge in [0.1, 0.15) is 0 Å². The molecule has 28 heavy (non-hydrogen) atoms. The topological polar surface area (TPSA) is 15.3 Å². The molecule has 1 aliphatic rings. The summed E-state index contributed by atoms with van der Waals surface area (Å²) in [5.74, 6) is 0. The number of nitrogens with zero attached hydrogens (tertiary/aromatic N) is 1. The Morgan fingerprint density at radius 3 is 2.36 bits per heavy atom. The van der Waals surface area contributed by atoms with Gasteiger partial charge >= 0.3 is 0 Å². The number of rotatable bonds is 6. The lowest BCUT2D eigenvalue weighted by Crippen LogP contribution is -2.22. The first kappa shape index (κ1) is 19.7. The van der Waals surface area contributed by atoms with E-state index < -0.39 is 0 Å². The number of fused-ring (bicyclic) bond motifs is 2. The number of para-hydroxylation sites is 1. The van der Waals surface area contributed by atoms with E-state index in [1.165, 1.54) is 27.4 Å². The third-order valence-corrected chi connectivity index (χ3v) is 6.29. The molecule has 0 saturated carbocycles. The summed E-state index contributed by atoms with van der Waals surface area (Å²) in [5, 5.41) is 1.56. The zero-order valence-electron chi connectivity index (χ0n) is 15.5. The van der Waals surface area contributed by atoms with Crippen LogP contribution in [-0.4, -0.2) is 13.1 Å². The summed E-state index contributed by atoms with van der Waals surface area (Å²) >= 11 is 13.9. The molecule has 2 nitrogen and oxygen atoms in total. The van der Waals surface area contributed by atoms with Gasteiger partial charge in [-0.15, -0.1) is 0 Å². The molecule has 0 aromatic heterocycles. The van der Waals surface area contributed by atoms with Crippen molar-refractivity contribution >= 4 is 46.5 Å². The van der Waals surface area contributed by atoms with Crippen molar-refractivity contribution in [2.45, 2.75) is 24.2 Å². The van der Waals surface area contributed by atoms with Crippen LogP contribution in [0.15, 0.2) is 71.6 Å². The van der Waals surface area contributed by atoms with Gasteiger partial charge in [0.25, 0.3) is 0 Å². The molecule has 0 atom stereocenters. The fourth-order valence-corrected chi connectivity index (χ4v) is 4.55. The molecule has 144 valence electrons. The van der Waals surface area contributed by atoms with Gasteiger partial charge in [-0.1, -0.05) is 47.5 Å². The van der Waals surface area contributed by atoms with Crippen LogP contribution in [0.5, 0.6) is 0 Å². The van der Waals surface area contributed by atoms with Crippen LogP contribution in [0.25, 0.3) is 0 Å². The van der Waals surface area contributed by atoms with Gasteiger partial charge in [-0.2, -0.15) is 0 Å². The zero-order chi connectivity index (χ0) is 19.3. The molecule has 0 spiro atoms. The van der Waals surface area contributed by atoms with E-state index in [9.17, 15) is 0 Å². The quantitative estimate of drug-likeness (QED) is 0.338. The van der Waals surface area contributed by atoms with Crippen LogP contribution in [0.3, 0.4) is 0 Å². The van der Waals surface area contributed by atoms with Gasteiger partial charge in [0.2, 0.25) is 0 Å². The number of hydrogen-bond donors (Lipinski definition) is 1. The third kappa shape index (κ3) is 4.66. The van der Waals surface area contributed by atoms with E-state index in [0.717, 1.165) is 42.4 Å². The maximum absolute atomic E-state index is 6.33. The Morgan fingerprint density at radius 2 is 1.54 bits per heavy atom. The zero-order valence-corrected chi connectivity index (χ0v) is 17.8. The summed E-state index contributed by atoms with van der Waals surface area (Å²) in [7, 11) is 0. The van der Waals surface area contributed by atoms with Crippen molar-refractivity contribution in [1.29, 1.82) is 0 Å². The highest BCUT2D eigenvalue weighted by Gasteiger charge is 2.20. The summed E-state index contributed by atoms with van der Waals surface area (Å²) in [6.07, 6.45) is 3.14. The van der Waals surface area contributed by atoms with E-state index >= 15 is 0 Å². The monoisotopic (exact) mass is 428 g/mol. The highest BCUT2D eigenvalue weighted by molar-refractivity contribution is 7.97. The largest absolute Gasteiger partial charge is 0.341 e. The van der Waals surface area contributed by atoms with Crippen LogP contribution in [0.4, 0.5) is 11.4 Å². The minimum Gasteiger partial charge on any atom is -0.341 e. The molecule has 0 radical (unpaired) electrons. The first-order chi connectivity index (χ1) is 13.7. The second-order valence-corrected chi connectivity index (χ2v) is 8.69. The molecule has 0 amide bonds. The maximum atomic E-state index is 6.33. The molecule has 0 bridgehead atoms. The first-order valence-electron chi connectivity index (χ1n) is 9.50. The number of benzene rings is 3. The second-order valence-electron chi connectivity index (χ2n) is 6.86. The lowest BCUT2D eigenvalue weighted by molar-refractivity contribution is 0.788. The van der Waals surface area contributed by atoms with Crippen LogP contribution < -0.4 is 9.62 Å². The molecule has 0 saturated heterocycles. The van der Waals surface area contributed by atoms with Crippen molar-refractivity contribution in [2.24, 2.45) is 0 Å². The van der Waals surface area contributed by atoms with Crippen molar-refractivity contribution in [2.75, 3.05) is 18.0 Å². The summed E-state index contributed by atoms with van der Waals surface area (Å²) in [4.78, 5) is 3.60. The van der Waals surface area contributed by atoms with E-state index in [2.05, 4.69) is 46.0 Å². The molecule has 3 aromatic rings. The average molecular weight is 429 g/mol. The van der Waals surface area contributed by atoms with Gasteiger partial charge in [-0.25, -0.2) is 0 Å². The number of aryl methyl sites for hydroxylation is 2. The van der Waals surface area contributed by atoms with Crippen LogP contribution in [0.2, 0.25) is 10.0 Å². The Balaban J connectivity index is 1.44. The van der Waals surface area contributed by atoms with E-state index in [1.807, 2.05) is 30.3 Å². The molecule has 1 heterocycles. The van der Waals surface area contributed by atoms with E-state index in [-0.39, 0.29) is 0 Å². The SMILES string of the molecule is Clc1ccc(SNCCCN2c3ccccc3CCc3ccc(Cl)cc32)cc1. The van der Waals surface area contributed by atoms with Gasteiger partial charge in [-0.3, -0.25) is 4.72 Å². The second kappa shape index (κ2) is 9.23. The first-order valence-corrected chi connectivity index (χ1v) is 11.1. The van der Waals surface area contributed by atoms with Crippen molar-refractivity contribution in [3.05, 3.63) is 87.9 Å². The lowest BCUT2D eigenvalue weighted by Gasteiger charge is -2.27. The normalized spacial score (nSPS) is 13.0. The van der Waals surface area contributed by atoms with Gasteiger partial charge in [0, 0.05) is 39.4 Å². The predicted octanol–water partition coefficient (Wildman–Crippen LogP) is 6.92. The smallest absolute Gasteiger partial charge is 0.0458 e. The lowest BCUT2D eigenvalue weighted by atomic mass is 10.0. The van der Waals surface area contributed by atoms with Gasteiger partial charge < -0.3 is 4.90 Å². The minimum absolute atomic E-state index is 0.765. The molecule has 4 rings (SSSR count). The van der Waals surface area contributed by atoms with E-state index in [1.54, 1.807) is 11.9 Å². The van der Waals surface area contributed by atoms with Crippen LogP contribution in [0, 0.1) is 0 Å². The predicted molar refractivity (Wildman–Crippen MR) is 122 cm³/mol. The number of hydrogen-bond acceptors (Lipinski definition) is 3. The van der Waals surface area contributed by atoms with Gasteiger partial charge in [0.15, 0.2) is 0 Å². The molecule has 0 aliphatic carbocycles. The Bertz CT molecular complexity index is 944. The minimum atomic E-state index is 0.765. The molecule has 1 N–H and O–H groups in total. The Hall–Kier alpha value is -1.65. The molecule has 3 aromatic carbocycles. The summed E-state index contributed by atoms with van der Waals surface area (Å²) in [6, 6.07) is 22.9. The standard InChI is InChI=1S/C23H22Cl2N2S/c24-19-10-12-21(13-11-19)28-26-14-3-15-27-22-5-2-1-4-17(22)6-7-18-8-9-20(25)16-23(18)27/h1-2,4-5,8-13,16,26H,3,6-7,14-15H2. The molecule has 1 aliphatic heterocycles. The van der Waals surface area contributed by atoms with Crippen LogP contribution in [-0.2, 0) is 12.8 Å². The van der Waals surface area contributed by atoms with Crippen LogP contribution >= 0.6 is 35.1 Å². The molecule has 5 heteroatoms. The van der Waals surface area contributed by atoms with Crippen molar-refractivity contribution in [3.63, 3.8) is 0 Å².